The van der Waals surface area contributed by atoms with E-state index in [1.165, 1.54) is 25.1 Å². The summed E-state index contributed by atoms with van der Waals surface area (Å²) in [5, 5.41) is 41.2. The van der Waals surface area contributed by atoms with Crippen molar-refractivity contribution in [2.45, 2.75) is 50.3 Å². The average molecular weight is 603 g/mol. The van der Waals surface area contributed by atoms with Crippen LogP contribution in [0.2, 0.25) is 0 Å². The van der Waals surface area contributed by atoms with Crippen LogP contribution in [0.4, 0.5) is 8.78 Å². The summed E-state index contributed by atoms with van der Waals surface area (Å²) in [7, 11) is 0. The van der Waals surface area contributed by atoms with E-state index in [-0.39, 0.29) is 17.5 Å². The van der Waals surface area contributed by atoms with Crippen molar-refractivity contribution >= 4 is 23.8 Å². The lowest BCUT2D eigenvalue weighted by atomic mass is 9.80. The number of rotatable bonds is 10. The van der Waals surface area contributed by atoms with Gasteiger partial charge in [0.15, 0.2) is 5.60 Å². The molecule has 1 saturated heterocycles. The Morgan fingerprint density at radius 1 is 0.953 bits per heavy atom. The molecule has 1 aliphatic rings. The van der Waals surface area contributed by atoms with Crippen molar-refractivity contribution in [3.8, 4) is 5.69 Å². The number of benzene rings is 2. The van der Waals surface area contributed by atoms with Gasteiger partial charge in [0.05, 0.1) is 30.3 Å². The molecule has 0 bridgehead atoms. The summed E-state index contributed by atoms with van der Waals surface area (Å²) in [4.78, 5) is 44.6. The molecular formula is C29H32F2N4O8. The highest BCUT2D eigenvalue weighted by Crippen LogP contribution is 2.35. The van der Waals surface area contributed by atoms with Gasteiger partial charge in [-0.3, -0.25) is 19.3 Å². The Hall–Kier alpha value is -4.69. The third kappa shape index (κ3) is 8.90. The molecule has 0 atom stereocenters. The molecule has 12 nitrogen and oxygen atoms in total. The maximum absolute atomic E-state index is 14.5. The number of aliphatic hydroxyl groups is 1. The summed E-state index contributed by atoms with van der Waals surface area (Å²) in [6.07, 6.45) is 2.69. The fraction of sp³-hybridized carbons (Fsp3) is 0.345. The van der Waals surface area contributed by atoms with E-state index >= 15 is 0 Å². The predicted octanol–water partition coefficient (Wildman–Crippen LogP) is 2.53. The lowest BCUT2D eigenvalue weighted by Crippen LogP contribution is -2.52. The van der Waals surface area contributed by atoms with Crippen LogP contribution in [0.25, 0.3) is 5.69 Å². The quantitative estimate of drug-likeness (QED) is 0.231. The first-order valence-electron chi connectivity index (χ1n) is 13.2. The van der Waals surface area contributed by atoms with Gasteiger partial charge in [0.2, 0.25) is 5.91 Å². The standard InChI is InChI=1S/C23H24F2N4O.C6H8O7/c1-17(30)27-23(21-4-2-3-5-22(21)25)10-12-28(13-11-23)15-18-14-26-29(16-18)20-8-6-19(24)7-9-20;7-3(8)1-6(13,5(11)12)2-4(9)10/h2-9,14,16H,10-13,15H2,1H3,(H,27,30);13H,1-2H2,(H,7,8)(H,9,10)(H,11,12). The second-order valence-electron chi connectivity index (χ2n) is 10.3. The van der Waals surface area contributed by atoms with E-state index in [4.69, 9.17) is 20.4 Å². The number of carbonyl (C=O) groups excluding carboxylic acids is 1. The van der Waals surface area contributed by atoms with Crippen molar-refractivity contribution in [1.82, 2.24) is 20.0 Å². The van der Waals surface area contributed by atoms with E-state index in [0.29, 0.717) is 24.9 Å². The molecule has 5 N–H and O–H groups in total. The lowest BCUT2D eigenvalue weighted by Gasteiger charge is -2.42. The topological polar surface area (TPSA) is 182 Å². The highest BCUT2D eigenvalue weighted by Gasteiger charge is 2.41. The van der Waals surface area contributed by atoms with Crippen LogP contribution in [0.3, 0.4) is 0 Å². The number of carboxylic acids is 3. The molecule has 0 aliphatic carbocycles. The SMILES string of the molecule is CC(=O)NC1(c2ccccc2F)CCN(Cc2cnn(-c3ccc(F)cc3)c2)CC1.O=C(O)CC(O)(CC(=O)O)C(=O)O. The Bertz CT molecular complexity index is 1440. The third-order valence-corrected chi connectivity index (χ3v) is 6.93. The molecule has 0 radical (unpaired) electrons. The van der Waals surface area contributed by atoms with E-state index in [0.717, 1.165) is 24.3 Å². The van der Waals surface area contributed by atoms with Gasteiger partial charge in [0, 0.05) is 43.9 Å². The highest BCUT2D eigenvalue weighted by molar-refractivity contribution is 5.88. The van der Waals surface area contributed by atoms with E-state index in [9.17, 15) is 28.0 Å². The molecule has 0 saturated carbocycles. The minimum absolute atomic E-state index is 0.160. The van der Waals surface area contributed by atoms with Gasteiger partial charge in [-0.05, 0) is 43.2 Å². The molecule has 1 fully saturated rings. The lowest BCUT2D eigenvalue weighted by molar-refractivity contribution is -0.170. The van der Waals surface area contributed by atoms with Crippen LogP contribution in [0.1, 0.15) is 43.7 Å². The summed E-state index contributed by atoms with van der Waals surface area (Å²) in [5.74, 6) is -5.75. The molecule has 3 aromatic rings. The van der Waals surface area contributed by atoms with Crippen molar-refractivity contribution in [2.75, 3.05) is 13.1 Å². The number of nitrogens with one attached hydrogen (secondary N) is 1. The molecule has 2 heterocycles. The van der Waals surface area contributed by atoms with Gasteiger partial charge in [-0.1, -0.05) is 18.2 Å². The van der Waals surface area contributed by atoms with E-state index in [2.05, 4.69) is 15.3 Å². The molecule has 0 spiro atoms. The molecule has 230 valence electrons. The van der Waals surface area contributed by atoms with Crippen molar-refractivity contribution in [3.63, 3.8) is 0 Å². The van der Waals surface area contributed by atoms with Crippen LogP contribution in [-0.2, 0) is 31.3 Å². The zero-order valence-electron chi connectivity index (χ0n) is 23.2. The second kappa shape index (κ2) is 14.0. The smallest absolute Gasteiger partial charge is 0.336 e. The molecule has 14 heteroatoms. The number of carbonyl (C=O) groups is 4. The van der Waals surface area contributed by atoms with Gasteiger partial charge in [-0.15, -0.1) is 0 Å². The molecular weight excluding hydrogens is 570 g/mol. The third-order valence-electron chi connectivity index (χ3n) is 6.93. The van der Waals surface area contributed by atoms with Crippen LogP contribution in [0.15, 0.2) is 60.9 Å². The highest BCUT2D eigenvalue weighted by atomic mass is 19.1. The van der Waals surface area contributed by atoms with E-state index in [1.54, 1.807) is 41.2 Å². The molecule has 43 heavy (non-hydrogen) atoms. The summed E-state index contributed by atoms with van der Waals surface area (Å²) in [6, 6.07) is 12.8. The van der Waals surface area contributed by atoms with Gasteiger partial charge in [-0.25, -0.2) is 18.3 Å². The van der Waals surface area contributed by atoms with E-state index < -0.39 is 41.9 Å². The van der Waals surface area contributed by atoms with Gasteiger partial charge in [0.1, 0.15) is 11.6 Å². The fourth-order valence-corrected chi connectivity index (χ4v) is 4.89. The minimum atomic E-state index is -2.74. The molecule has 2 aromatic carbocycles. The van der Waals surface area contributed by atoms with Gasteiger partial charge in [0.25, 0.3) is 0 Å². The minimum Gasteiger partial charge on any atom is -0.481 e. The summed E-state index contributed by atoms with van der Waals surface area (Å²) in [6.45, 7) is 3.61. The molecule has 4 rings (SSSR count). The first-order chi connectivity index (χ1) is 20.2. The van der Waals surface area contributed by atoms with Crippen LogP contribution in [-0.4, -0.2) is 77.6 Å². The summed E-state index contributed by atoms with van der Waals surface area (Å²) in [5.41, 5.74) is -1.05. The Morgan fingerprint density at radius 2 is 1.53 bits per heavy atom. The maximum Gasteiger partial charge on any atom is 0.336 e. The first-order valence-corrected chi connectivity index (χ1v) is 13.2. The molecule has 1 aromatic heterocycles. The van der Waals surface area contributed by atoms with Gasteiger partial charge in [-0.2, -0.15) is 5.10 Å². The number of aliphatic carboxylic acids is 3. The van der Waals surface area contributed by atoms with Crippen molar-refractivity contribution < 1.29 is 48.4 Å². The van der Waals surface area contributed by atoms with Gasteiger partial charge < -0.3 is 25.7 Å². The second-order valence-corrected chi connectivity index (χ2v) is 10.3. The van der Waals surface area contributed by atoms with Crippen LogP contribution in [0, 0.1) is 11.6 Å². The number of aromatic nitrogens is 2. The van der Waals surface area contributed by atoms with Gasteiger partial charge >= 0.3 is 17.9 Å². The molecule has 0 unspecified atom stereocenters. The monoisotopic (exact) mass is 602 g/mol. The number of hydrogen-bond acceptors (Lipinski definition) is 7. The van der Waals surface area contributed by atoms with E-state index in [1.807, 2.05) is 6.20 Å². The number of halogens is 2. The normalized spacial score (nSPS) is 14.7. The van der Waals surface area contributed by atoms with Crippen LogP contribution in [0.5, 0.6) is 0 Å². The Kier molecular flexibility index (Phi) is 10.7. The number of likely N-dealkylation sites (tertiary alicyclic amines) is 1. The average Bonchev–Trinajstić information content (AvgIpc) is 3.38. The summed E-state index contributed by atoms with van der Waals surface area (Å²) < 4.78 is 29.3. The van der Waals surface area contributed by atoms with Crippen LogP contribution >= 0.6 is 0 Å². The Morgan fingerprint density at radius 3 is 2.05 bits per heavy atom. The number of piperidine rings is 1. The predicted molar refractivity (Wildman–Crippen MR) is 147 cm³/mol. The number of nitrogens with zero attached hydrogens (tertiary/aromatic N) is 3. The first kappa shape index (κ1) is 32.8. The molecule has 1 aliphatic heterocycles. The Balaban J connectivity index is 0.000000331. The van der Waals surface area contributed by atoms with Crippen LogP contribution < -0.4 is 5.32 Å². The molecule has 1 amide bonds. The van der Waals surface area contributed by atoms with Crippen molar-refractivity contribution in [1.29, 1.82) is 0 Å². The number of hydrogen-bond donors (Lipinski definition) is 5. The zero-order chi connectivity index (χ0) is 31.8. The fourth-order valence-electron chi connectivity index (χ4n) is 4.89. The summed E-state index contributed by atoms with van der Waals surface area (Å²) >= 11 is 0. The zero-order valence-corrected chi connectivity index (χ0v) is 23.2. The number of carboxylic acid groups (broad SMARTS) is 3. The van der Waals surface area contributed by atoms with Crippen molar-refractivity contribution in [2.24, 2.45) is 0 Å². The largest absolute Gasteiger partial charge is 0.481 e. The van der Waals surface area contributed by atoms with Crippen molar-refractivity contribution in [3.05, 3.63) is 83.7 Å². The Labute approximate surface area is 245 Å². The number of amides is 1. The maximum atomic E-state index is 14.5.